The van der Waals surface area contributed by atoms with Crippen molar-refractivity contribution in [2.24, 2.45) is 0 Å². The average Bonchev–Trinajstić information content (AvgIpc) is 3.24. The van der Waals surface area contributed by atoms with Crippen LogP contribution < -0.4 is 5.32 Å². The summed E-state index contributed by atoms with van der Waals surface area (Å²) in [4.78, 5) is 12.6. The lowest BCUT2D eigenvalue weighted by molar-refractivity contribution is -0.132. The lowest BCUT2D eigenvalue weighted by Crippen LogP contribution is -2.53. The van der Waals surface area contributed by atoms with Gasteiger partial charge in [-0.15, -0.1) is 0 Å². The molecule has 59 heavy (non-hydrogen) atoms. The van der Waals surface area contributed by atoms with Crippen molar-refractivity contribution in [2.75, 3.05) is 6.61 Å². The number of carbonyl (C=O) groups excluding carboxylic acids is 1. The SMILES string of the molecule is CCCCCCCCCCCC/C=C/CCCC(O)C(O)C(CO)NC(=O)C(O)CCCCCCCCCCCCCC/C=C\CCCCCCCCCCCCCC. The van der Waals surface area contributed by atoms with E-state index in [2.05, 4.69) is 43.5 Å². The van der Waals surface area contributed by atoms with Gasteiger partial charge in [-0.1, -0.05) is 237 Å². The van der Waals surface area contributed by atoms with Gasteiger partial charge in [0.05, 0.1) is 18.8 Å². The van der Waals surface area contributed by atoms with Crippen LogP contribution in [0.5, 0.6) is 0 Å². The third-order valence-electron chi connectivity index (χ3n) is 12.4. The summed E-state index contributed by atoms with van der Waals surface area (Å²) in [5.74, 6) is -0.591. The lowest BCUT2D eigenvalue weighted by Gasteiger charge is -2.27. The predicted molar refractivity (Wildman–Crippen MR) is 256 cm³/mol. The molecule has 0 aromatic rings. The molecule has 0 bridgehead atoms. The molecule has 0 aliphatic carbocycles. The summed E-state index contributed by atoms with van der Waals surface area (Å²) in [6.07, 6.45) is 56.7. The highest BCUT2D eigenvalue weighted by molar-refractivity contribution is 5.80. The number of rotatable bonds is 48. The number of allylic oxidation sites excluding steroid dienone is 4. The molecule has 350 valence electrons. The van der Waals surface area contributed by atoms with E-state index in [1.54, 1.807) is 0 Å². The monoisotopic (exact) mass is 834 g/mol. The minimum Gasteiger partial charge on any atom is -0.394 e. The molecule has 0 fully saturated rings. The summed E-state index contributed by atoms with van der Waals surface area (Å²) in [6, 6.07) is -1.00. The van der Waals surface area contributed by atoms with Gasteiger partial charge >= 0.3 is 0 Å². The van der Waals surface area contributed by atoms with E-state index in [4.69, 9.17) is 0 Å². The fourth-order valence-corrected chi connectivity index (χ4v) is 8.22. The molecule has 4 unspecified atom stereocenters. The smallest absolute Gasteiger partial charge is 0.249 e. The molecule has 5 N–H and O–H groups in total. The maximum atomic E-state index is 12.6. The molecule has 0 rings (SSSR count). The number of hydrogen-bond acceptors (Lipinski definition) is 5. The van der Waals surface area contributed by atoms with Gasteiger partial charge in [0, 0.05) is 0 Å². The van der Waals surface area contributed by atoms with Gasteiger partial charge in [-0.25, -0.2) is 0 Å². The van der Waals surface area contributed by atoms with E-state index in [1.165, 1.54) is 212 Å². The molecule has 0 saturated heterocycles. The number of carbonyl (C=O) groups is 1. The van der Waals surface area contributed by atoms with Crippen LogP contribution in [0, 0.1) is 0 Å². The van der Waals surface area contributed by atoms with Crippen molar-refractivity contribution in [3.63, 3.8) is 0 Å². The summed E-state index contributed by atoms with van der Waals surface area (Å²) in [6.45, 7) is 4.06. The van der Waals surface area contributed by atoms with E-state index >= 15 is 0 Å². The summed E-state index contributed by atoms with van der Waals surface area (Å²) in [5, 5.41) is 43.8. The second-order valence-corrected chi connectivity index (χ2v) is 18.2. The van der Waals surface area contributed by atoms with Crippen LogP contribution in [0.3, 0.4) is 0 Å². The first-order valence-corrected chi connectivity index (χ1v) is 26.2. The third kappa shape index (κ3) is 41.9. The van der Waals surface area contributed by atoms with Crippen LogP contribution in [0.2, 0.25) is 0 Å². The molecule has 0 aliphatic rings. The number of unbranched alkanes of at least 4 members (excludes halogenated alkanes) is 35. The zero-order valence-electron chi connectivity index (χ0n) is 39.5. The maximum Gasteiger partial charge on any atom is 0.249 e. The van der Waals surface area contributed by atoms with E-state index < -0.39 is 36.9 Å². The first kappa shape index (κ1) is 57.8. The largest absolute Gasteiger partial charge is 0.394 e. The Labute approximate surface area is 367 Å². The van der Waals surface area contributed by atoms with Crippen LogP contribution in [-0.4, -0.2) is 57.3 Å². The minimum absolute atomic E-state index is 0.364. The molecule has 0 aromatic carbocycles. The van der Waals surface area contributed by atoms with Gasteiger partial charge < -0.3 is 25.7 Å². The third-order valence-corrected chi connectivity index (χ3v) is 12.4. The molecular weight excluding hydrogens is 731 g/mol. The fourth-order valence-electron chi connectivity index (χ4n) is 8.22. The molecule has 6 nitrogen and oxygen atoms in total. The zero-order valence-corrected chi connectivity index (χ0v) is 39.5. The van der Waals surface area contributed by atoms with Crippen LogP contribution in [0.1, 0.15) is 277 Å². The summed E-state index contributed by atoms with van der Waals surface area (Å²) < 4.78 is 0. The Kier molecular flexibility index (Phi) is 46.9. The van der Waals surface area contributed by atoms with Crippen LogP contribution in [0.4, 0.5) is 0 Å². The molecule has 0 spiro atoms. The Morgan fingerprint density at radius 2 is 0.695 bits per heavy atom. The molecule has 0 aliphatic heterocycles. The highest BCUT2D eigenvalue weighted by Gasteiger charge is 2.28. The number of amides is 1. The summed E-state index contributed by atoms with van der Waals surface area (Å²) in [5.41, 5.74) is 0. The highest BCUT2D eigenvalue weighted by atomic mass is 16.3. The number of aliphatic hydroxyl groups is 4. The standard InChI is InChI=1S/C53H103NO5/c1-3-5-7-9-11-13-15-17-19-20-21-22-23-24-25-26-27-28-29-30-31-33-35-37-39-41-43-45-47-51(57)53(59)54-49(48-55)52(58)50(56)46-44-42-40-38-36-34-32-18-16-14-12-10-8-6-4-2/h24-25,38,40,49-52,55-58H,3-23,26-37,39,41-48H2,1-2H3,(H,54,59)/b25-24-,40-38+. The molecule has 0 saturated carbocycles. The number of nitrogens with one attached hydrogen (secondary N) is 1. The van der Waals surface area contributed by atoms with Gasteiger partial charge in [0.2, 0.25) is 5.91 Å². The average molecular weight is 834 g/mol. The molecule has 4 atom stereocenters. The number of hydrogen-bond donors (Lipinski definition) is 5. The fraction of sp³-hybridized carbons (Fsp3) is 0.906. The first-order chi connectivity index (χ1) is 29.0. The van der Waals surface area contributed by atoms with Gasteiger partial charge in [0.15, 0.2) is 0 Å². The Hall–Kier alpha value is -1.21. The normalized spacial score (nSPS) is 14.1. The topological polar surface area (TPSA) is 110 Å². The van der Waals surface area contributed by atoms with E-state index in [1.807, 2.05) is 0 Å². The van der Waals surface area contributed by atoms with Gasteiger partial charge in [-0.05, 0) is 64.2 Å². The Morgan fingerprint density at radius 3 is 1.02 bits per heavy atom. The van der Waals surface area contributed by atoms with Crippen molar-refractivity contribution >= 4 is 5.91 Å². The molecule has 6 heteroatoms. The second kappa shape index (κ2) is 47.8. The van der Waals surface area contributed by atoms with E-state index in [0.29, 0.717) is 12.8 Å². The van der Waals surface area contributed by atoms with Crippen molar-refractivity contribution in [1.29, 1.82) is 0 Å². The van der Waals surface area contributed by atoms with Crippen LogP contribution in [0.15, 0.2) is 24.3 Å². The second-order valence-electron chi connectivity index (χ2n) is 18.2. The molecule has 0 aromatic heterocycles. The van der Waals surface area contributed by atoms with Crippen molar-refractivity contribution in [1.82, 2.24) is 5.32 Å². The Balaban J connectivity index is 3.63. The summed E-state index contributed by atoms with van der Waals surface area (Å²) >= 11 is 0. The lowest BCUT2D eigenvalue weighted by atomic mass is 10.00. The zero-order chi connectivity index (χ0) is 43.1. The highest BCUT2D eigenvalue weighted by Crippen LogP contribution is 2.17. The maximum absolute atomic E-state index is 12.6. The first-order valence-electron chi connectivity index (χ1n) is 26.2. The predicted octanol–water partition coefficient (Wildman–Crippen LogP) is 14.7. The van der Waals surface area contributed by atoms with Crippen molar-refractivity contribution in [2.45, 2.75) is 301 Å². The Bertz CT molecular complexity index is 893. The van der Waals surface area contributed by atoms with Gasteiger partial charge in [-0.3, -0.25) is 4.79 Å². The minimum atomic E-state index is -1.28. The van der Waals surface area contributed by atoms with Gasteiger partial charge in [-0.2, -0.15) is 0 Å². The molecule has 0 radical (unpaired) electrons. The molecule has 0 heterocycles. The Morgan fingerprint density at radius 1 is 0.407 bits per heavy atom. The van der Waals surface area contributed by atoms with Crippen LogP contribution in [-0.2, 0) is 4.79 Å². The van der Waals surface area contributed by atoms with Crippen molar-refractivity contribution < 1.29 is 25.2 Å². The van der Waals surface area contributed by atoms with E-state index in [0.717, 1.165) is 38.5 Å². The van der Waals surface area contributed by atoms with Crippen LogP contribution in [0.25, 0.3) is 0 Å². The summed E-state index contributed by atoms with van der Waals surface area (Å²) in [7, 11) is 0. The van der Waals surface area contributed by atoms with Crippen molar-refractivity contribution in [3.05, 3.63) is 24.3 Å². The van der Waals surface area contributed by atoms with Crippen LogP contribution >= 0.6 is 0 Å². The van der Waals surface area contributed by atoms with Gasteiger partial charge in [0.25, 0.3) is 0 Å². The molecular formula is C53H103NO5. The number of aliphatic hydroxyl groups excluding tert-OH is 4. The quantitative estimate of drug-likeness (QED) is 0.0310. The molecule has 1 amide bonds. The van der Waals surface area contributed by atoms with E-state index in [9.17, 15) is 25.2 Å². The van der Waals surface area contributed by atoms with Crippen molar-refractivity contribution in [3.8, 4) is 0 Å². The van der Waals surface area contributed by atoms with Gasteiger partial charge in [0.1, 0.15) is 12.2 Å². The van der Waals surface area contributed by atoms with E-state index in [-0.39, 0.29) is 0 Å².